The lowest BCUT2D eigenvalue weighted by molar-refractivity contribution is -0.147. The first kappa shape index (κ1) is 48.1. The SMILES string of the molecule is CCCCC/C=C\C/C=C\CCCCCCCCCC(=O)OC(/C=C\CCCCCCC)CCCCCCC(=O)NCC(=O)NC(CO)C(=O)O. The fourth-order valence-corrected chi connectivity index (χ4v) is 5.65. The molecule has 9 heteroatoms. The first-order valence-electron chi connectivity index (χ1n) is 20.4. The summed E-state index contributed by atoms with van der Waals surface area (Å²) < 4.78 is 5.88. The fourth-order valence-electron chi connectivity index (χ4n) is 5.65. The first-order chi connectivity index (χ1) is 24.8. The highest BCUT2D eigenvalue weighted by atomic mass is 16.5. The molecule has 51 heavy (non-hydrogen) atoms. The zero-order chi connectivity index (χ0) is 37.6. The molecule has 4 N–H and O–H groups in total. The summed E-state index contributed by atoms with van der Waals surface area (Å²) >= 11 is 0. The van der Waals surface area contributed by atoms with Crippen molar-refractivity contribution in [2.45, 2.75) is 193 Å². The van der Waals surface area contributed by atoms with E-state index in [9.17, 15) is 19.2 Å². The quantitative estimate of drug-likeness (QED) is 0.0287. The Labute approximate surface area is 310 Å². The van der Waals surface area contributed by atoms with E-state index in [1.165, 1.54) is 77.0 Å². The molecule has 0 heterocycles. The van der Waals surface area contributed by atoms with Crippen LogP contribution in [0.15, 0.2) is 36.5 Å². The highest BCUT2D eigenvalue weighted by Gasteiger charge is 2.18. The normalized spacial score (nSPS) is 12.8. The van der Waals surface area contributed by atoms with E-state index in [-0.39, 0.29) is 30.9 Å². The minimum atomic E-state index is -1.39. The molecule has 0 aromatic rings. The predicted molar refractivity (Wildman–Crippen MR) is 208 cm³/mol. The highest BCUT2D eigenvalue weighted by molar-refractivity contribution is 5.87. The number of carboxylic acids is 1. The van der Waals surface area contributed by atoms with Crippen molar-refractivity contribution >= 4 is 23.8 Å². The van der Waals surface area contributed by atoms with Gasteiger partial charge in [0.2, 0.25) is 11.8 Å². The molecule has 0 fully saturated rings. The number of hydrogen-bond donors (Lipinski definition) is 4. The van der Waals surface area contributed by atoms with Crippen molar-refractivity contribution in [2.24, 2.45) is 0 Å². The molecular formula is C42H74N2O7. The summed E-state index contributed by atoms with van der Waals surface area (Å²) in [6.45, 7) is 3.40. The van der Waals surface area contributed by atoms with Gasteiger partial charge in [0.05, 0.1) is 13.2 Å². The van der Waals surface area contributed by atoms with Crippen molar-refractivity contribution in [1.82, 2.24) is 10.6 Å². The molecule has 0 spiro atoms. The fraction of sp³-hybridized carbons (Fsp3) is 0.762. The van der Waals surface area contributed by atoms with E-state index in [0.29, 0.717) is 12.8 Å². The van der Waals surface area contributed by atoms with Gasteiger partial charge >= 0.3 is 11.9 Å². The van der Waals surface area contributed by atoms with E-state index in [2.05, 4.69) is 60.9 Å². The number of carbonyl (C=O) groups excluding carboxylic acids is 3. The predicted octanol–water partition coefficient (Wildman–Crippen LogP) is 9.43. The third kappa shape index (κ3) is 33.9. The first-order valence-corrected chi connectivity index (χ1v) is 20.4. The van der Waals surface area contributed by atoms with Crippen LogP contribution in [0.4, 0.5) is 0 Å². The van der Waals surface area contributed by atoms with Gasteiger partial charge in [-0.25, -0.2) is 4.79 Å². The van der Waals surface area contributed by atoms with Crippen molar-refractivity contribution in [3.8, 4) is 0 Å². The van der Waals surface area contributed by atoms with Crippen molar-refractivity contribution in [1.29, 1.82) is 0 Å². The van der Waals surface area contributed by atoms with Crippen molar-refractivity contribution in [3.63, 3.8) is 0 Å². The molecule has 0 saturated carbocycles. The molecule has 0 radical (unpaired) electrons. The summed E-state index contributed by atoms with van der Waals surface area (Å²) in [5.74, 6) is -2.41. The van der Waals surface area contributed by atoms with Gasteiger partial charge in [0.25, 0.3) is 0 Å². The molecule has 2 atom stereocenters. The Morgan fingerprint density at radius 2 is 1.12 bits per heavy atom. The van der Waals surface area contributed by atoms with E-state index in [4.69, 9.17) is 14.9 Å². The molecule has 0 bridgehead atoms. The van der Waals surface area contributed by atoms with Gasteiger partial charge in [-0.15, -0.1) is 0 Å². The molecule has 0 aliphatic rings. The monoisotopic (exact) mass is 719 g/mol. The number of esters is 1. The largest absolute Gasteiger partial charge is 0.480 e. The van der Waals surface area contributed by atoms with Crippen LogP contribution in [-0.2, 0) is 23.9 Å². The van der Waals surface area contributed by atoms with Crippen LogP contribution in [0.2, 0.25) is 0 Å². The molecule has 0 aliphatic heterocycles. The maximum atomic E-state index is 12.7. The summed E-state index contributed by atoms with van der Waals surface area (Å²) in [6.07, 6.45) is 40.5. The number of aliphatic hydroxyl groups excluding tert-OH is 1. The number of aliphatic hydroxyl groups is 1. The standard InChI is InChI=1S/C42H74N2O7/c1-3-5-7-9-11-12-13-14-15-16-17-18-19-20-22-24-30-34-41(48)51-37(31-27-23-21-10-8-6-4-2)32-28-25-26-29-33-39(46)43-35-40(47)44-38(36-45)42(49)50/h11-12,14-15,27,31,37-38,45H,3-10,13,16-26,28-30,32-36H2,1-2H3,(H,43,46)(H,44,47)(H,49,50)/b12-11-,15-14-,31-27-. The lowest BCUT2D eigenvalue weighted by Gasteiger charge is -2.15. The molecule has 294 valence electrons. The average molecular weight is 719 g/mol. The minimum Gasteiger partial charge on any atom is -0.480 e. The second kappa shape index (κ2) is 36.8. The molecule has 0 rings (SSSR count). The van der Waals surface area contributed by atoms with E-state index >= 15 is 0 Å². The number of hydrogen-bond acceptors (Lipinski definition) is 6. The van der Waals surface area contributed by atoms with Gasteiger partial charge in [0.1, 0.15) is 12.1 Å². The zero-order valence-corrected chi connectivity index (χ0v) is 32.4. The number of carbonyl (C=O) groups is 4. The van der Waals surface area contributed by atoms with E-state index < -0.39 is 24.5 Å². The van der Waals surface area contributed by atoms with E-state index in [0.717, 1.165) is 70.6 Å². The van der Waals surface area contributed by atoms with E-state index in [1.54, 1.807) is 0 Å². The molecule has 0 aromatic heterocycles. The summed E-state index contributed by atoms with van der Waals surface area (Å²) in [4.78, 5) is 47.4. The lowest BCUT2D eigenvalue weighted by atomic mass is 10.1. The molecule has 2 unspecified atom stereocenters. The second-order valence-electron chi connectivity index (χ2n) is 13.7. The van der Waals surface area contributed by atoms with Crippen LogP contribution < -0.4 is 10.6 Å². The highest BCUT2D eigenvalue weighted by Crippen LogP contribution is 2.15. The van der Waals surface area contributed by atoms with Gasteiger partial charge < -0.3 is 25.6 Å². The number of nitrogens with one attached hydrogen (secondary N) is 2. The molecule has 0 aromatic carbocycles. The number of rotatable bonds is 36. The van der Waals surface area contributed by atoms with Gasteiger partial charge in [0.15, 0.2) is 0 Å². The summed E-state index contributed by atoms with van der Waals surface area (Å²) in [5.41, 5.74) is 0. The second-order valence-corrected chi connectivity index (χ2v) is 13.7. The Bertz CT molecular complexity index is 963. The lowest BCUT2D eigenvalue weighted by Crippen LogP contribution is -2.47. The zero-order valence-electron chi connectivity index (χ0n) is 32.4. The number of amides is 2. The molecule has 0 aliphatic carbocycles. The summed E-state index contributed by atoms with van der Waals surface area (Å²) in [6, 6.07) is -1.39. The number of allylic oxidation sites excluding steroid dienone is 5. The van der Waals surface area contributed by atoms with Crippen LogP contribution >= 0.6 is 0 Å². The average Bonchev–Trinajstić information content (AvgIpc) is 3.11. The Hall–Kier alpha value is -2.94. The Kier molecular flexibility index (Phi) is 34.7. The van der Waals surface area contributed by atoms with Crippen molar-refractivity contribution in [2.75, 3.05) is 13.2 Å². The van der Waals surface area contributed by atoms with Crippen molar-refractivity contribution in [3.05, 3.63) is 36.5 Å². The van der Waals surface area contributed by atoms with Crippen LogP contribution in [0.5, 0.6) is 0 Å². The van der Waals surface area contributed by atoms with E-state index in [1.807, 2.05) is 0 Å². The topological polar surface area (TPSA) is 142 Å². The summed E-state index contributed by atoms with van der Waals surface area (Å²) in [5, 5.41) is 22.5. The van der Waals surface area contributed by atoms with Crippen LogP contribution in [0.3, 0.4) is 0 Å². The number of aliphatic carboxylic acids is 1. The maximum absolute atomic E-state index is 12.7. The van der Waals surface area contributed by atoms with Crippen LogP contribution in [0, 0.1) is 0 Å². The molecule has 2 amide bonds. The van der Waals surface area contributed by atoms with Gasteiger partial charge in [-0.1, -0.05) is 128 Å². The Balaban J connectivity index is 4.22. The Morgan fingerprint density at radius 1 is 0.608 bits per heavy atom. The Morgan fingerprint density at radius 3 is 1.73 bits per heavy atom. The van der Waals surface area contributed by atoms with Gasteiger partial charge in [-0.3, -0.25) is 14.4 Å². The van der Waals surface area contributed by atoms with Crippen LogP contribution in [-0.4, -0.2) is 59.3 Å². The minimum absolute atomic E-state index is 0.121. The third-order valence-electron chi connectivity index (χ3n) is 8.84. The van der Waals surface area contributed by atoms with Gasteiger partial charge in [-0.05, 0) is 76.7 Å². The molecule has 9 nitrogen and oxygen atoms in total. The smallest absolute Gasteiger partial charge is 0.328 e. The van der Waals surface area contributed by atoms with Crippen molar-refractivity contribution < 1.29 is 34.1 Å². The third-order valence-corrected chi connectivity index (χ3v) is 8.84. The number of ether oxygens (including phenoxy) is 1. The summed E-state index contributed by atoms with van der Waals surface area (Å²) in [7, 11) is 0. The molecular weight excluding hydrogens is 644 g/mol. The van der Waals surface area contributed by atoms with Crippen LogP contribution in [0.25, 0.3) is 0 Å². The number of unbranched alkanes of at least 4 members (excludes halogenated alkanes) is 18. The maximum Gasteiger partial charge on any atom is 0.328 e. The van der Waals surface area contributed by atoms with Gasteiger partial charge in [0, 0.05) is 12.8 Å². The molecule has 0 saturated heterocycles. The number of carboxylic acid groups (broad SMARTS) is 1. The van der Waals surface area contributed by atoms with Crippen LogP contribution in [0.1, 0.15) is 181 Å². The van der Waals surface area contributed by atoms with Gasteiger partial charge in [-0.2, -0.15) is 0 Å².